The van der Waals surface area contributed by atoms with E-state index in [4.69, 9.17) is 20.9 Å². The fraction of sp³-hybridized carbons (Fsp3) is 0.696. The maximum absolute atomic E-state index is 12.6. The molecule has 0 radical (unpaired) electrons. The lowest BCUT2D eigenvalue weighted by atomic mass is 9.97. The van der Waals surface area contributed by atoms with E-state index in [1.54, 1.807) is 0 Å². The number of aliphatic imine (C=N–C) groups is 1. The third-order valence-electron chi connectivity index (χ3n) is 6.79. The average Bonchev–Trinajstić information content (AvgIpc) is 3.35. The van der Waals surface area contributed by atoms with Crippen LogP contribution in [0.3, 0.4) is 0 Å². The smallest absolute Gasteiger partial charge is 0.387 e. The molecule has 2 heterocycles. The van der Waals surface area contributed by atoms with Crippen LogP contribution in [-0.2, 0) is 4.74 Å². The molecule has 3 aliphatic rings. The molecular formula is C23H33F2N5O2. The van der Waals surface area contributed by atoms with Crippen LogP contribution in [0.2, 0.25) is 0 Å². The van der Waals surface area contributed by atoms with Crippen molar-refractivity contribution in [3.8, 4) is 5.75 Å². The van der Waals surface area contributed by atoms with E-state index in [0.717, 1.165) is 44.9 Å². The summed E-state index contributed by atoms with van der Waals surface area (Å²) in [5, 5.41) is 8.58. The van der Waals surface area contributed by atoms with Crippen molar-refractivity contribution >= 4 is 17.2 Å². The number of hydrogen-bond donors (Lipinski definition) is 2. The van der Waals surface area contributed by atoms with Crippen molar-refractivity contribution in [1.29, 1.82) is 5.41 Å². The second kappa shape index (κ2) is 9.79. The Morgan fingerprint density at radius 2 is 2.09 bits per heavy atom. The predicted molar refractivity (Wildman–Crippen MR) is 120 cm³/mol. The molecular weight excluding hydrogens is 416 g/mol. The largest absolute Gasteiger partial charge is 0.431 e. The van der Waals surface area contributed by atoms with Gasteiger partial charge in [0.05, 0.1) is 6.73 Å². The van der Waals surface area contributed by atoms with Gasteiger partial charge in [-0.25, -0.2) is 4.98 Å². The topological polar surface area (TPSA) is 96.8 Å². The number of hydrogen-bond acceptors (Lipinski definition) is 7. The second-order valence-electron chi connectivity index (χ2n) is 9.39. The van der Waals surface area contributed by atoms with Crippen LogP contribution in [-0.4, -0.2) is 59.9 Å². The summed E-state index contributed by atoms with van der Waals surface area (Å²) in [5.74, 6) is 1.31. The zero-order valence-electron chi connectivity index (χ0n) is 18.8. The number of anilines is 1. The number of alkyl halides is 2. The van der Waals surface area contributed by atoms with Crippen LogP contribution in [0.25, 0.3) is 0 Å². The highest BCUT2D eigenvalue weighted by Gasteiger charge is 2.58. The minimum absolute atomic E-state index is 0.113. The number of nitrogens with zero attached hydrogens (tertiary/aromatic N) is 3. The molecule has 3 N–H and O–H groups in total. The van der Waals surface area contributed by atoms with E-state index in [0.29, 0.717) is 41.5 Å². The molecule has 4 rings (SSSR count). The van der Waals surface area contributed by atoms with E-state index < -0.39 is 6.61 Å². The first-order valence-electron chi connectivity index (χ1n) is 11.5. The van der Waals surface area contributed by atoms with Crippen molar-refractivity contribution < 1.29 is 18.3 Å². The Bertz CT molecular complexity index is 843. The summed E-state index contributed by atoms with van der Waals surface area (Å²) in [4.78, 5) is 11.3. The number of nitrogens with two attached hydrogens (primary N) is 1. The summed E-state index contributed by atoms with van der Waals surface area (Å²) < 4.78 is 35.4. The SMILES string of the molecule is CC(C)N=C(CC(=N)c1cnc(N)c(OC(F)F)c1)C1C2CC(N3CCCCOC3)CC21. The van der Waals surface area contributed by atoms with E-state index in [-0.39, 0.29) is 17.6 Å². The summed E-state index contributed by atoms with van der Waals surface area (Å²) in [6.45, 7) is 3.79. The molecule has 1 saturated heterocycles. The van der Waals surface area contributed by atoms with Gasteiger partial charge in [0.2, 0.25) is 0 Å². The molecule has 2 atom stereocenters. The minimum atomic E-state index is -2.99. The van der Waals surface area contributed by atoms with Crippen molar-refractivity contribution in [1.82, 2.24) is 9.88 Å². The van der Waals surface area contributed by atoms with Crippen molar-refractivity contribution in [3.63, 3.8) is 0 Å². The molecule has 3 fully saturated rings. The van der Waals surface area contributed by atoms with Gasteiger partial charge in [0, 0.05) is 60.8 Å². The number of pyridine rings is 1. The molecule has 0 spiro atoms. The monoisotopic (exact) mass is 449 g/mol. The predicted octanol–water partition coefficient (Wildman–Crippen LogP) is 3.97. The van der Waals surface area contributed by atoms with Gasteiger partial charge < -0.3 is 20.6 Å². The lowest BCUT2D eigenvalue weighted by Crippen LogP contribution is -2.36. The van der Waals surface area contributed by atoms with E-state index in [2.05, 4.69) is 14.6 Å². The minimum Gasteiger partial charge on any atom is -0.431 e. The maximum atomic E-state index is 12.6. The summed E-state index contributed by atoms with van der Waals surface area (Å²) in [6, 6.07) is 2.08. The number of rotatable bonds is 8. The number of aromatic nitrogens is 1. The summed E-state index contributed by atoms with van der Waals surface area (Å²) in [5.41, 5.74) is 7.39. The first kappa shape index (κ1) is 23.0. The molecule has 7 nitrogen and oxygen atoms in total. The van der Waals surface area contributed by atoms with Crippen LogP contribution in [0.4, 0.5) is 14.6 Å². The Hall–Kier alpha value is -2.13. The fourth-order valence-electron chi connectivity index (χ4n) is 5.33. The van der Waals surface area contributed by atoms with Crippen LogP contribution in [0.5, 0.6) is 5.75 Å². The van der Waals surface area contributed by atoms with Crippen molar-refractivity contribution in [2.24, 2.45) is 22.7 Å². The third-order valence-corrected chi connectivity index (χ3v) is 6.79. The summed E-state index contributed by atoms with van der Waals surface area (Å²) >= 11 is 0. The molecule has 1 aromatic rings. The molecule has 2 aliphatic carbocycles. The number of ether oxygens (including phenoxy) is 2. The highest BCUT2D eigenvalue weighted by Crippen LogP contribution is 2.59. The number of halogens is 2. The Balaban J connectivity index is 1.41. The van der Waals surface area contributed by atoms with Crippen molar-refractivity contribution in [3.05, 3.63) is 17.8 Å². The van der Waals surface area contributed by atoms with Crippen molar-refractivity contribution in [2.75, 3.05) is 25.6 Å². The standard InChI is InChI=1S/C23H33F2N5O2/c1-13(2)29-19(10-18(26)14-7-20(32-23(24)25)22(27)28-11-14)21-16-8-15(9-17(16)21)30-5-3-4-6-31-12-30/h7,11,13,15-17,21,23,26H,3-6,8-10,12H2,1-2H3,(H2,27,28). The van der Waals surface area contributed by atoms with Crippen LogP contribution in [0.1, 0.15) is 51.5 Å². The van der Waals surface area contributed by atoms with Crippen molar-refractivity contribution in [2.45, 2.75) is 64.6 Å². The molecule has 0 aromatic carbocycles. The molecule has 32 heavy (non-hydrogen) atoms. The molecule has 1 aliphatic heterocycles. The van der Waals surface area contributed by atoms with Gasteiger partial charge in [0.25, 0.3) is 0 Å². The van der Waals surface area contributed by atoms with Crippen LogP contribution >= 0.6 is 0 Å². The van der Waals surface area contributed by atoms with E-state index in [1.807, 2.05) is 13.8 Å². The third kappa shape index (κ3) is 5.26. The number of fused-ring (bicyclic) bond motifs is 1. The highest BCUT2D eigenvalue weighted by molar-refractivity contribution is 6.12. The zero-order chi connectivity index (χ0) is 22.8. The van der Waals surface area contributed by atoms with Crippen LogP contribution < -0.4 is 10.5 Å². The van der Waals surface area contributed by atoms with Gasteiger partial charge in [-0.05, 0) is 57.4 Å². The normalized spacial score (nSPS) is 28.6. The Kier molecular flexibility index (Phi) is 7.05. The molecule has 176 valence electrons. The molecule has 9 heteroatoms. The Morgan fingerprint density at radius 1 is 1.34 bits per heavy atom. The lowest BCUT2D eigenvalue weighted by molar-refractivity contribution is -0.0495. The van der Waals surface area contributed by atoms with Gasteiger partial charge in [0.1, 0.15) is 0 Å². The highest BCUT2D eigenvalue weighted by atomic mass is 19.3. The van der Waals surface area contributed by atoms with Crippen LogP contribution in [0.15, 0.2) is 17.3 Å². The van der Waals surface area contributed by atoms with Gasteiger partial charge in [-0.2, -0.15) is 8.78 Å². The quantitative estimate of drug-likeness (QED) is 0.586. The van der Waals surface area contributed by atoms with Gasteiger partial charge in [0.15, 0.2) is 11.6 Å². The van der Waals surface area contributed by atoms with Gasteiger partial charge in [-0.3, -0.25) is 9.89 Å². The zero-order valence-corrected chi connectivity index (χ0v) is 18.8. The number of nitrogens with one attached hydrogen (secondary N) is 1. The van der Waals surface area contributed by atoms with Gasteiger partial charge in [-0.1, -0.05) is 0 Å². The second-order valence-corrected chi connectivity index (χ2v) is 9.39. The Labute approximate surface area is 187 Å². The first-order chi connectivity index (χ1) is 15.3. The van der Waals surface area contributed by atoms with E-state index >= 15 is 0 Å². The molecule has 1 aromatic heterocycles. The Morgan fingerprint density at radius 3 is 2.78 bits per heavy atom. The molecule has 0 amide bonds. The maximum Gasteiger partial charge on any atom is 0.387 e. The first-order valence-corrected chi connectivity index (χ1v) is 11.5. The number of nitrogen functional groups attached to an aromatic ring is 1. The molecule has 2 unspecified atom stereocenters. The lowest BCUT2D eigenvalue weighted by Gasteiger charge is -2.28. The van der Waals surface area contributed by atoms with E-state index in [1.165, 1.54) is 18.7 Å². The van der Waals surface area contributed by atoms with Crippen LogP contribution in [0, 0.1) is 23.2 Å². The fourth-order valence-corrected chi connectivity index (χ4v) is 5.33. The summed E-state index contributed by atoms with van der Waals surface area (Å²) in [7, 11) is 0. The van der Waals surface area contributed by atoms with Gasteiger partial charge >= 0.3 is 6.61 Å². The van der Waals surface area contributed by atoms with E-state index in [9.17, 15) is 8.78 Å². The molecule has 2 saturated carbocycles. The van der Waals surface area contributed by atoms with Gasteiger partial charge in [-0.15, -0.1) is 0 Å². The average molecular weight is 450 g/mol. The molecule has 0 bridgehead atoms. The summed E-state index contributed by atoms with van der Waals surface area (Å²) in [6.07, 6.45) is 6.45.